The van der Waals surface area contributed by atoms with E-state index in [4.69, 9.17) is 11.6 Å². The molecule has 0 heterocycles. The van der Waals surface area contributed by atoms with Gasteiger partial charge < -0.3 is 10.2 Å². The summed E-state index contributed by atoms with van der Waals surface area (Å²) in [6, 6.07) is 0.0990. The van der Waals surface area contributed by atoms with E-state index in [1.807, 2.05) is 20.8 Å². The van der Waals surface area contributed by atoms with Crippen molar-refractivity contribution >= 4 is 23.4 Å². The smallest absolute Gasteiger partial charge is 0.239 e. The molecule has 130 valence electrons. The van der Waals surface area contributed by atoms with Gasteiger partial charge in [0, 0.05) is 17.5 Å². The van der Waals surface area contributed by atoms with Crippen molar-refractivity contribution in [3.8, 4) is 0 Å². The fourth-order valence-corrected chi connectivity index (χ4v) is 6.30. The summed E-state index contributed by atoms with van der Waals surface area (Å²) < 4.78 is 0. The van der Waals surface area contributed by atoms with E-state index in [1.54, 1.807) is 4.90 Å². The Morgan fingerprint density at radius 1 is 1.22 bits per heavy atom. The van der Waals surface area contributed by atoms with E-state index < -0.39 is 0 Å². The number of rotatable bonds is 5. The predicted molar refractivity (Wildman–Crippen MR) is 91.2 cm³/mol. The van der Waals surface area contributed by atoms with Gasteiger partial charge in [0.1, 0.15) is 0 Å². The Balaban J connectivity index is 1.74. The molecule has 2 unspecified atom stereocenters. The molecule has 0 radical (unpaired) electrons. The van der Waals surface area contributed by atoms with Crippen LogP contribution in [0, 0.1) is 17.3 Å². The van der Waals surface area contributed by atoms with E-state index in [9.17, 15) is 9.59 Å². The van der Waals surface area contributed by atoms with Gasteiger partial charge in [-0.05, 0) is 71.1 Å². The highest BCUT2D eigenvalue weighted by Crippen LogP contribution is 2.64. The zero-order valence-corrected chi connectivity index (χ0v) is 15.3. The standard InChI is InChI=1S/C18H29ClN2O2/c1-4-21(10-15(22)20-12(2)3)16(23)17-6-13-5-14(7-17)9-18(19,8-13)11-17/h12-14H,4-11H2,1-3H3,(H,20,22)/t13-,14+,17?,18?. The molecule has 5 heteroatoms. The minimum atomic E-state index is -0.306. The Morgan fingerprint density at radius 2 is 1.83 bits per heavy atom. The van der Waals surface area contributed by atoms with Gasteiger partial charge in [0.25, 0.3) is 0 Å². The maximum absolute atomic E-state index is 13.3. The maximum atomic E-state index is 13.3. The second-order valence-corrected chi connectivity index (χ2v) is 9.24. The second-order valence-electron chi connectivity index (χ2n) is 8.43. The first-order valence-electron chi connectivity index (χ1n) is 9.03. The largest absolute Gasteiger partial charge is 0.352 e. The fourth-order valence-electron chi connectivity index (χ4n) is 5.60. The minimum absolute atomic E-state index is 0.0690. The van der Waals surface area contributed by atoms with Gasteiger partial charge >= 0.3 is 0 Å². The lowest BCUT2D eigenvalue weighted by atomic mass is 9.49. The van der Waals surface area contributed by atoms with Crippen molar-refractivity contribution in [2.24, 2.45) is 17.3 Å². The van der Waals surface area contributed by atoms with Gasteiger partial charge in [0.15, 0.2) is 0 Å². The van der Waals surface area contributed by atoms with Gasteiger partial charge in [-0.15, -0.1) is 11.6 Å². The van der Waals surface area contributed by atoms with Crippen LogP contribution in [-0.2, 0) is 9.59 Å². The highest BCUT2D eigenvalue weighted by Gasteiger charge is 2.60. The molecule has 0 aromatic rings. The molecule has 4 saturated carbocycles. The van der Waals surface area contributed by atoms with Crippen LogP contribution in [0.5, 0.6) is 0 Å². The lowest BCUT2D eigenvalue weighted by molar-refractivity contribution is -0.157. The molecule has 4 nitrogen and oxygen atoms in total. The summed E-state index contributed by atoms with van der Waals surface area (Å²) in [6.45, 7) is 6.58. The third kappa shape index (κ3) is 3.24. The molecule has 0 aromatic carbocycles. The van der Waals surface area contributed by atoms with Crippen molar-refractivity contribution in [3.63, 3.8) is 0 Å². The molecule has 4 atom stereocenters. The number of nitrogens with one attached hydrogen (secondary N) is 1. The van der Waals surface area contributed by atoms with Crippen LogP contribution in [-0.4, -0.2) is 40.7 Å². The summed E-state index contributed by atoms with van der Waals surface area (Å²) >= 11 is 6.84. The lowest BCUT2D eigenvalue weighted by Gasteiger charge is -2.59. The highest BCUT2D eigenvalue weighted by atomic mass is 35.5. The van der Waals surface area contributed by atoms with Crippen molar-refractivity contribution < 1.29 is 9.59 Å². The summed E-state index contributed by atoms with van der Waals surface area (Å²) in [5, 5.41) is 2.88. The number of amides is 2. The van der Waals surface area contributed by atoms with Crippen LogP contribution >= 0.6 is 11.6 Å². The molecule has 4 aliphatic carbocycles. The number of hydrogen-bond acceptors (Lipinski definition) is 2. The molecule has 0 spiro atoms. The number of likely N-dealkylation sites (N-methyl/N-ethyl adjacent to an activating group) is 1. The lowest BCUT2D eigenvalue weighted by Crippen LogP contribution is -2.59. The van der Waals surface area contributed by atoms with Gasteiger partial charge in [-0.2, -0.15) is 0 Å². The third-order valence-electron chi connectivity index (χ3n) is 5.90. The van der Waals surface area contributed by atoms with Gasteiger partial charge in [-0.1, -0.05) is 0 Å². The molecule has 4 bridgehead atoms. The van der Waals surface area contributed by atoms with Crippen LogP contribution < -0.4 is 5.32 Å². The summed E-state index contributed by atoms with van der Waals surface area (Å²) in [6.07, 6.45) is 6.12. The molecule has 0 aliphatic heterocycles. The van der Waals surface area contributed by atoms with E-state index in [-0.39, 0.29) is 34.7 Å². The van der Waals surface area contributed by atoms with Crippen LogP contribution in [0.3, 0.4) is 0 Å². The van der Waals surface area contributed by atoms with E-state index in [0.29, 0.717) is 18.4 Å². The molecule has 4 rings (SSSR count). The molecule has 0 aromatic heterocycles. The van der Waals surface area contributed by atoms with Crippen LogP contribution in [0.4, 0.5) is 0 Å². The Labute approximate surface area is 144 Å². The molecular weight excluding hydrogens is 312 g/mol. The van der Waals surface area contributed by atoms with Crippen molar-refractivity contribution in [1.29, 1.82) is 0 Å². The van der Waals surface area contributed by atoms with Crippen LogP contribution in [0.2, 0.25) is 0 Å². The normalized spacial score (nSPS) is 38.0. The molecule has 4 aliphatic rings. The molecular formula is C18H29ClN2O2. The van der Waals surface area contributed by atoms with Crippen molar-refractivity contribution in [1.82, 2.24) is 10.2 Å². The zero-order valence-electron chi connectivity index (χ0n) is 14.5. The molecule has 2 amide bonds. The fraction of sp³-hybridized carbons (Fsp3) is 0.889. The van der Waals surface area contributed by atoms with Crippen LogP contribution in [0.25, 0.3) is 0 Å². The summed E-state index contributed by atoms with van der Waals surface area (Å²) in [4.78, 5) is 26.9. The quantitative estimate of drug-likeness (QED) is 0.782. The Morgan fingerprint density at radius 3 is 2.30 bits per heavy atom. The first kappa shape index (κ1) is 17.1. The van der Waals surface area contributed by atoms with Gasteiger partial charge in [0.2, 0.25) is 11.8 Å². The minimum Gasteiger partial charge on any atom is -0.352 e. The molecule has 4 fully saturated rings. The number of halogens is 1. The highest BCUT2D eigenvalue weighted by molar-refractivity contribution is 6.24. The predicted octanol–water partition coefficient (Wildman–Crippen LogP) is 2.94. The second kappa shape index (κ2) is 5.94. The Bertz CT molecular complexity index is 491. The SMILES string of the molecule is CCN(CC(=O)NC(C)C)C(=O)C12C[C@@H]3C[C@@H](CC(Cl)(C3)C1)C2. The number of carbonyl (C=O) groups is 2. The van der Waals surface area contributed by atoms with Crippen molar-refractivity contribution in [2.45, 2.75) is 70.2 Å². The van der Waals surface area contributed by atoms with E-state index in [1.165, 1.54) is 6.42 Å². The number of carbonyl (C=O) groups excluding carboxylic acids is 2. The number of hydrogen-bond donors (Lipinski definition) is 1. The monoisotopic (exact) mass is 340 g/mol. The summed E-state index contributed by atoms with van der Waals surface area (Å²) in [5.41, 5.74) is -0.306. The van der Waals surface area contributed by atoms with Gasteiger partial charge in [-0.3, -0.25) is 9.59 Å². The van der Waals surface area contributed by atoms with Crippen LogP contribution in [0.1, 0.15) is 59.3 Å². The van der Waals surface area contributed by atoms with E-state index in [2.05, 4.69) is 5.32 Å². The Hall–Kier alpha value is -0.770. The van der Waals surface area contributed by atoms with Crippen molar-refractivity contribution in [3.05, 3.63) is 0 Å². The average Bonchev–Trinajstić information content (AvgIpc) is 2.40. The van der Waals surface area contributed by atoms with E-state index in [0.717, 1.165) is 32.1 Å². The summed E-state index contributed by atoms with van der Waals surface area (Å²) in [5.74, 6) is 1.29. The number of alkyl halides is 1. The van der Waals surface area contributed by atoms with Gasteiger partial charge in [-0.25, -0.2) is 0 Å². The molecule has 23 heavy (non-hydrogen) atoms. The maximum Gasteiger partial charge on any atom is 0.239 e. The Kier molecular flexibility index (Phi) is 4.41. The zero-order chi connectivity index (χ0) is 16.8. The number of nitrogens with zero attached hydrogens (tertiary/aromatic N) is 1. The van der Waals surface area contributed by atoms with Gasteiger partial charge in [0.05, 0.1) is 12.0 Å². The topological polar surface area (TPSA) is 49.4 Å². The third-order valence-corrected chi connectivity index (χ3v) is 6.34. The summed E-state index contributed by atoms with van der Waals surface area (Å²) in [7, 11) is 0. The van der Waals surface area contributed by atoms with E-state index >= 15 is 0 Å². The van der Waals surface area contributed by atoms with Crippen LogP contribution in [0.15, 0.2) is 0 Å². The molecule has 0 saturated heterocycles. The first-order chi connectivity index (χ1) is 10.8. The average molecular weight is 341 g/mol. The van der Waals surface area contributed by atoms with Crippen molar-refractivity contribution in [2.75, 3.05) is 13.1 Å². The molecule has 1 N–H and O–H groups in total. The first-order valence-corrected chi connectivity index (χ1v) is 9.41.